The minimum atomic E-state index is 0.653. The van der Waals surface area contributed by atoms with E-state index >= 15 is 0 Å². The maximum Gasteiger partial charge on any atom is 0.235 e. The van der Waals surface area contributed by atoms with Crippen molar-refractivity contribution in [1.82, 2.24) is 23.5 Å². The Morgan fingerprint density at radius 2 is 0.949 bits per heavy atom. The largest absolute Gasteiger partial charge is 0.309 e. The summed E-state index contributed by atoms with van der Waals surface area (Å²) in [5.74, 6) is 0.653. The predicted octanol–water partition coefficient (Wildman–Crippen LogP) is 13.8. The van der Waals surface area contributed by atoms with E-state index in [4.69, 9.17) is 9.97 Å². The molecule has 0 amide bonds. The van der Waals surface area contributed by atoms with Crippen LogP contribution in [0.25, 0.3) is 126 Å². The maximum absolute atomic E-state index is 5.74. The lowest BCUT2D eigenvalue weighted by Gasteiger charge is -2.14. The van der Waals surface area contributed by atoms with E-state index in [1.165, 1.54) is 70.4 Å². The molecule has 5 heteroatoms. The van der Waals surface area contributed by atoms with E-state index < -0.39 is 0 Å². The molecule has 5 nitrogen and oxygen atoms in total. The van der Waals surface area contributed by atoms with Crippen molar-refractivity contribution in [3.05, 3.63) is 188 Å². The molecule has 14 rings (SSSR count). The summed E-state index contributed by atoms with van der Waals surface area (Å²) >= 11 is 0. The average molecular weight is 750 g/mol. The van der Waals surface area contributed by atoms with Crippen LogP contribution in [0, 0.1) is 0 Å². The van der Waals surface area contributed by atoms with Gasteiger partial charge in [-0.25, -0.2) is 9.97 Å². The summed E-state index contributed by atoms with van der Waals surface area (Å²) in [4.78, 5) is 11.2. The quantitative estimate of drug-likeness (QED) is 0.180. The first-order chi connectivity index (χ1) is 29.3. The first kappa shape index (κ1) is 31.1. The Morgan fingerprint density at radius 3 is 1.76 bits per heavy atom. The Balaban J connectivity index is 1.18. The second-order valence-electron chi connectivity index (χ2n) is 15.7. The topological polar surface area (TPSA) is 40.0 Å². The number of benzene rings is 9. The molecular formula is C54H31N5. The first-order valence-corrected chi connectivity index (χ1v) is 20.2. The van der Waals surface area contributed by atoms with Crippen LogP contribution in [-0.2, 0) is 0 Å². The summed E-state index contributed by atoms with van der Waals surface area (Å²) in [5, 5.41) is 13.1. The molecule has 59 heavy (non-hydrogen) atoms. The van der Waals surface area contributed by atoms with Crippen LogP contribution in [0.15, 0.2) is 188 Å². The van der Waals surface area contributed by atoms with Gasteiger partial charge in [-0.15, -0.1) is 0 Å². The van der Waals surface area contributed by atoms with Crippen LogP contribution in [0.4, 0.5) is 0 Å². The van der Waals surface area contributed by atoms with Crippen LogP contribution in [0.5, 0.6) is 0 Å². The molecule has 0 aliphatic rings. The van der Waals surface area contributed by atoms with Gasteiger partial charge in [0.15, 0.2) is 0 Å². The zero-order valence-electron chi connectivity index (χ0n) is 31.6. The molecule has 0 bridgehead atoms. The van der Waals surface area contributed by atoms with Crippen molar-refractivity contribution < 1.29 is 0 Å². The zero-order chi connectivity index (χ0) is 38.3. The number of para-hydroxylation sites is 5. The fourth-order valence-corrected chi connectivity index (χ4v) is 10.3. The lowest BCUT2D eigenvalue weighted by molar-refractivity contribution is 1.02. The normalized spacial score (nSPS) is 12.4. The Labute approximate surface area is 336 Å². The number of nitrogens with zero attached hydrogens (tertiary/aromatic N) is 5. The second kappa shape index (κ2) is 11.3. The zero-order valence-corrected chi connectivity index (χ0v) is 31.6. The summed E-state index contributed by atoms with van der Waals surface area (Å²) in [6.45, 7) is 0. The van der Waals surface area contributed by atoms with Crippen molar-refractivity contribution in [2.75, 3.05) is 0 Å². The Kier molecular flexibility index (Phi) is 5.96. The van der Waals surface area contributed by atoms with Crippen LogP contribution < -0.4 is 0 Å². The standard InChI is InChI=1S/C54H31N5/c1-2-17-34(18-3-1)57-45-26-12-8-21-37(45)49-39(23-14-28-47(49)57)51-36-20-6-10-24-43(36)55-54(56-51)59-48-30-33-16-5-4-15-32(33)29-40(48)42-31-41-35-19-7-11-25-44(35)58-46-27-13-9-22-38(46)50(52(41)58)53(42)59/h1-31H. The molecule has 0 atom stereocenters. The molecular weight excluding hydrogens is 719 g/mol. The number of hydrogen-bond acceptors (Lipinski definition) is 2. The highest BCUT2D eigenvalue weighted by molar-refractivity contribution is 6.34. The van der Waals surface area contributed by atoms with E-state index in [-0.39, 0.29) is 0 Å². The number of rotatable bonds is 3. The van der Waals surface area contributed by atoms with Gasteiger partial charge in [-0.1, -0.05) is 127 Å². The van der Waals surface area contributed by atoms with Crippen molar-refractivity contribution in [2.24, 2.45) is 0 Å². The van der Waals surface area contributed by atoms with Gasteiger partial charge < -0.3 is 8.97 Å². The van der Waals surface area contributed by atoms with Crippen LogP contribution in [0.3, 0.4) is 0 Å². The van der Waals surface area contributed by atoms with E-state index in [1.54, 1.807) is 0 Å². The second-order valence-corrected chi connectivity index (χ2v) is 15.7. The third-order valence-corrected chi connectivity index (χ3v) is 12.7. The molecule has 5 heterocycles. The third-order valence-electron chi connectivity index (χ3n) is 12.7. The van der Waals surface area contributed by atoms with Crippen LogP contribution >= 0.6 is 0 Å². The first-order valence-electron chi connectivity index (χ1n) is 20.2. The van der Waals surface area contributed by atoms with Gasteiger partial charge in [-0.3, -0.25) is 4.57 Å². The Hall–Kier alpha value is -8.02. The Bertz CT molecular complexity index is 4070. The highest BCUT2D eigenvalue weighted by atomic mass is 15.2. The molecule has 0 radical (unpaired) electrons. The summed E-state index contributed by atoms with van der Waals surface area (Å²) in [7, 11) is 0. The van der Waals surface area contributed by atoms with Crippen molar-refractivity contribution in [2.45, 2.75) is 0 Å². The fraction of sp³-hybridized carbons (Fsp3) is 0. The minimum Gasteiger partial charge on any atom is -0.309 e. The molecule has 0 unspecified atom stereocenters. The van der Waals surface area contributed by atoms with Crippen molar-refractivity contribution in [3.63, 3.8) is 0 Å². The molecule has 0 saturated carbocycles. The molecule has 14 aromatic rings. The molecule has 0 fully saturated rings. The number of aromatic nitrogens is 5. The summed E-state index contributed by atoms with van der Waals surface area (Å²) in [6.07, 6.45) is 0. The van der Waals surface area contributed by atoms with Crippen molar-refractivity contribution in [3.8, 4) is 22.9 Å². The van der Waals surface area contributed by atoms with E-state index in [1.807, 2.05) is 0 Å². The van der Waals surface area contributed by atoms with Crippen LogP contribution in [0.2, 0.25) is 0 Å². The highest BCUT2D eigenvalue weighted by Crippen LogP contribution is 2.47. The van der Waals surface area contributed by atoms with Gasteiger partial charge in [0.1, 0.15) is 0 Å². The van der Waals surface area contributed by atoms with Gasteiger partial charge in [0.2, 0.25) is 5.95 Å². The van der Waals surface area contributed by atoms with E-state index in [2.05, 4.69) is 202 Å². The van der Waals surface area contributed by atoms with E-state index in [9.17, 15) is 0 Å². The summed E-state index contributed by atoms with van der Waals surface area (Å²) in [6, 6.07) is 68.0. The van der Waals surface area contributed by atoms with Gasteiger partial charge in [0.25, 0.3) is 0 Å². The lowest BCUT2D eigenvalue weighted by atomic mass is 10.0. The van der Waals surface area contributed by atoms with Gasteiger partial charge >= 0.3 is 0 Å². The van der Waals surface area contributed by atoms with Crippen molar-refractivity contribution in [1.29, 1.82) is 0 Å². The summed E-state index contributed by atoms with van der Waals surface area (Å²) in [5.41, 5.74) is 12.2. The van der Waals surface area contributed by atoms with E-state index in [0.717, 1.165) is 49.9 Å². The van der Waals surface area contributed by atoms with Crippen molar-refractivity contribution >= 4 is 103 Å². The van der Waals surface area contributed by atoms with Crippen LogP contribution in [0.1, 0.15) is 0 Å². The molecule has 0 N–H and O–H groups in total. The fourth-order valence-electron chi connectivity index (χ4n) is 10.3. The maximum atomic E-state index is 5.74. The molecule has 0 spiro atoms. The van der Waals surface area contributed by atoms with Gasteiger partial charge in [0, 0.05) is 59.7 Å². The average Bonchev–Trinajstić information content (AvgIpc) is 4.02. The molecule has 9 aromatic carbocycles. The highest BCUT2D eigenvalue weighted by Gasteiger charge is 2.26. The molecule has 5 aromatic heterocycles. The Morgan fingerprint density at radius 1 is 0.339 bits per heavy atom. The monoisotopic (exact) mass is 749 g/mol. The summed E-state index contributed by atoms with van der Waals surface area (Å²) < 4.78 is 7.20. The SMILES string of the molecule is c1ccc(-n2c3ccccc3c3c(-c4nc(-n5c6cc7ccccc7cc6c6cc7c8ccccc8n8c9ccccc9c(c65)c78)nc5ccccc45)cccc32)cc1. The van der Waals surface area contributed by atoms with Gasteiger partial charge in [0.05, 0.1) is 49.8 Å². The number of fused-ring (bicyclic) bond motifs is 15. The molecule has 0 aliphatic carbocycles. The lowest BCUT2D eigenvalue weighted by Crippen LogP contribution is -2.04. The molecule has 0 saturated heterocycles. The third kappa shape index (κ3) is 4.03. The van der Waals surface area contributed by atoms with Gasteiger partial charge in [-0.05, 0) is 71.4 Å². The van der Waals surface area contributed by atoms with Crippen LogP contribution in [-0.4, -0.2) is 23.5 Å². The minimum absolute atomic E-state index is 0.653. The predicted molar refractivity (Wildman–Crippen MR) is 246 cm³/mol. The van der Waals surface area contributed by atoms with E-state index in [0.29, 0.717) is 5.95 Å². The smallest absolute Gasteiger partial charge is 0.235 e. The number of hydrogen-bond donors (Lipinski definition) is 0. The molecule has 272 valence electrons. The van der Waals surface area contributed by atoms with Gasteiger partial charge in [-0.2, -0.15) is 0 Å². The molecule has 0 aliphatic heterocycles.